The molecule has 2 heteroatoms. The Kier molecular flexibility index (Phi) is 10.1. The van der Waals surface area contributed by atoms with E-state index in [0.29, 0.717) is 0 Å². The van der Waals surface area contributed by atoms with Crippen LogP contribution in [0.1, 0.15) is 30.5 Å². The van der Waals surface area contributed by atoms with E-state index < -0.39 is 0 Å². The topological polar surface area (TPSA) is 26.0 Å². The lowest BCUT2D eigenvalue weighted by Crippen LogP contribution is -2.14. The maximum Gasteiger partial charge on any atom is 0.0449 e. The smallest absolute Gasteiger partial charge is 0.0449 e. The van der Waals surface area contributed by atoms with Crippen LogP contribution >= 0.6 is 12.6 Å². The van der Waals surface area contributed by atoms with Crippen LogP contribution in [0.4, 0.5) is 5.69 Å². The number of thiol groups is 1. The van der Waals surface area contributed by atoms with Crippen LogP contribution in [0.2, 0.25) is 0 Å². The van der Waals surface area contributed by atoms with Crippen molar-refractivity contribution in [1.82, 2.24) is 0 Å². The zero-order chi connectivity index (χ0) is 42.4. The molecule has 0 spiro atoms. The van der Waals surface area contributed by atoms with Crippen molar-refractivity contribution >= 4 is 39.9 Å². The average molecular weight is 814 g/mol. The Morgan fingerprint density at radius 3 is 1.44 bits per heavy atom. The maximum absolute atomic E-state index is 5.44. The number of hydrogen-bond donors (Lipinski definition) is 2. The highest BCUT2D eigenvalue weighted by molar-refractivity contribution is 7.80. The van der Waals surface area contributed by atoms with Crippen LogP contribution in [0.15, 0.2) is 217 Å². The van der Waals surface area contributed by atoms with Crippen LogP contribution in [0, 0.1) is 6.92 Å². The first-order valence-electron chi connectivity index (χ1n) is 21.3. The number of benzene rings is 10. The van der Waals surface area contributed by atoms with Gasteiger partial charge in [-0.15, -0.1) is 12.6 Å². The van der Waals surface area contributed by atoms with Crippen molar-refractivity contribution in [2.24, 2.45) is 0 Å². The molecule has 298 valence electrons. The molecule has 0 aromatic heterocycles. The van der Waals surface area contributed by atoms with Gasteiger partial charge in [-0.1, -0.05) is 189 Å². The molecule has 11 rings (SSSR count). The second-order valence-electron chi connectivity index (χ2n) is 16.9. The lowest BCUT2D eigenvalue weighted by Gasteiger charge is -2.24. The van der Waals surface area contributed by atoms with Gasteiger partial charge in [0.05, 0.1) is 0 Å². The summed E-state index contributed by atoms with van der Waals surface area (Å²) in [5, 5.41) is 5.09. The summed E-state index contributed by atoms with van der Waals surface area (Å²) < 4.78 is 0. The van der Waals surface area contributed by atoms with Crippen molar-refractivity contribution in [1.29, 1.82) is 0 Å². The minimum Gasteiger partial charge on any atom is -0.398 e. The third-order valence-corrected chi connectivity index (χ3v) is 13.1. The highest BCUT2D eigenvalue weighted by atomic mass is 32.1. The molecule has 1 aliphatic rings. The molecular formula is C60H47NS. The van der Waals surface area contributed by atoms with Crippen LogP contribution in [-0.4, -0.2) is 0 Å². The molecule has 0 saturated heterocycles. The SMILES string of the molecule is Cc1ccc(-c2ccc3c(-c4cccc(-c5ccccc5)c4)c4cc5c(cc4c(-c4cccc(-c6ccccc6)c4)c3c2)C(C)(C)c2ccccc2-5)cc1.Nc1ccccc1S. The molecular weight excluding hydrogens is 767 g/mol. The van der Waals surface area contributed by atoms with Gasteiger partial charge in [0.15, 0.2) is 0 Å². The number of anilines is 1. The Hall–Kier alpha value is -7.13. The van der Waals surface area contributed by atoms with Crippen molar-refractivity contribution in [3.63, 3.8) is 0 Å². The molecule has 10 aromatic carbocycles. The predicted molar refractivity (Wildman–Crippen MR) is 269 cm³/mol. The molecule has 0 heterocycles. The maximum atomic E-state index is 5.44. The number of nitrogens with two attached hydrogens (primary N) is 1. The fourth-order valence-electron chi connectivity index (χ4n) is 9.43. The van der Waals surface area contributed by atoms with Gasteiger partial charge in [-0.05, 0) is 149 Å². The van der Waals surface area contributed by atoms with Crippen molar-refractivity contribution in [2.75, 3.05) is 5.73 Å². The Labute approximate surface area is 370 Å². The molecule has 0 atom stereocenters. The summed E-state index contributed by atoms with van der Waals surface area (Å²) in [4.78, 5) is 0.840. The predicted octanol–water partition coefficient (Wildman–Crippen LogP) is 16.5. The molecule has 0 saturated carbocycles. The second-order valence-corrected chi connectivity index (χ2v) is 17.4. The fourth-order valence-corrected chi connectivity index (χ4v) is 9.59. The molecule has 0 aliphatic heterocycles. The van der Waals surface area contributed by atoms with E-state index in [2.05, 4.69) is 221 Å². The number of nitrogen functional groups attached to an aromatic ring is 1. The third kappa shape index (κ3) is 7.07. The van der Waals surface area contributed by atoms with Gasteiger partial charge >= 0.3 is 0 Å². The molecule has 1 aliphatic carbocycles. The largest absolute Gasteiger partial charge is 0.398 e. The van der Waals surface area contributed by atoms with E-state index in [4.69, 9.17) is 5.73 Å². The van der Waals surface area contributed by atoms with Gasteiger partial charge in [0.25, 0.3) is 0 Å². The number of rotatable bonds is 5. The first-order valence-corrected chi connectivity index (χ1v) is 21.8. The quantitative estimate of drug-likeness (QED) is 0.101. The molecule has 1 nitrogen and oxygen atoms in total. The van der Waals surface area contributed by atoms with Crippen molar-refractivity contribution in [3.05, 3.63) is 229 Å². The summed E-state index contributed by atoms with van der Waals surface area (Å²) in [6, 6.07) is 77.4. The van der Waals surface area contributed by atoms with Gasteiger partial charge in [-0.3, -0.25) is 0 Å². The van der Waals surface area contributed by atoms with Gasteiger partial charge in [0.2, 0.25) is 0 Å². The average Bonchev–Trinajstić information content (AvgIpc) is 3.54. The Morgan fingerprint density at radius 1 is 0.355 bits per heavy atom. The normalized spacial score (nSPS) is 12.4. The van der Waals surface area contributed by atoms with Gasteiger partial charge in [-0.2, -0.15) is 0 Å². The van der Waals surface area contributed by atoms with E-state index >= 15 is 0 Å². The Morgan fingerprint density at radius 2 is 0.823 bits per heavy atom. The van der Waals surface area contributed by atoms with E-state index in [9.17, 15) is 0 Å². The second kappa shape index (κ2) is 16.0. The lowest BCUT2D eigenvalue weighted by molar-refractivity contribution is 0.661. The first-order chi connectivity index (χ1) is 30.2. The van der Waals surface area contributed by atoms with Gasteiger partial charge < -0.3 is 5.73 Å². The summed E-state index contributed by atoms with van der Waals surface area (Å²) in [5.41, 5.74) is 25.1. The fraction of sp³-hybridized carbons (Fsp3) is 0.0667. The monoisotopic (exact) mass is 813 g/mol. The van der Waals surface area contributed by atoms with Gasteiger partial charge in [0, 0.05) is 16.0 Å². The lowest BCUT2D eigenvalue weighted by atomic mass is 9.79. The Balaban J connectivity index is 0.000000518. The van der Waals surface area contributed by atoms with Crippen LogP contribution in [-0.2, 0) is 5.41 Å². The van der Waals surface area contributed by atoms with E-state index in [-0.39, 0.29) is 5.41 Å². The van der Waals surface area contributed by atoms with E-state index in [1.807, 2.05) is 24.3 Å². The minimum atomic E-state index is -0.130. The highest BCUT2D eigenvalue weighted by Gasteiger charge is 2.36. The number of aryl methyl sites for hydroxylation is 1. The molecule has 2 N–H and O–H groups in total. The highest BCUT2D eigenvalue weighted by Crippen LogP contribution is 2.53. The summed E-state index contributed by atoms with van der Waals surface area (Å²) in [5.74, 6) is 0. The Bertz CT molecular complexity index is 3250. The molecule has 0 bridgehead atoms. The van der Waals surface area contributed by atoms with E-state index in [1.54, 1.807) is 0 Å². The summed E-state index contributed by atoms with van der Waals surface area (Å²) in [7, 11) is 0. The number of hydrogen-bond acceptors (Lipinski definition) is 2. The van der Waals surface area contributed by atoms with Crippen LogP contribution < -0.4 is 5.73 Å². The number of para-hydroxylation sites is 1. The van der Waals surface area contributed by atoms with Crippen LogP contribution in [0.25, 0.3) is 88.3 Å². The zero-order valence-corrected chi connectivity index (χ0v) is 36.1. The molecule has 0 radical (unpaired) electrons. The van der Waals surface area contributed by atoms with Gasteiger partial charge in [0.1, 0.15) is 0 Å². The van der Waals surface area contributed by atoms with Crippen molar-refractivity contribution in [3.8, 4) is 66.8 Å². The van der Waals surface area contributed by atoms with Crippen LogP contribution in [0.5, 0.6) is 0 Å². The van der Waals surface area contributed by atoms with E-state index in [1.165, 1.54) is 105 Å². The zero-order valence-electron chi connectivity index (χ0n) is 35.2. The molecule has 0 unspecified atom stereocenters. The van der Waals surface area contributed by atoms with Crippen LogP contribution in [0.3, 0.4) is 0 Å². The summed E-state index contributed by atoms with van der Waals surface area (Å²) in [6.45, 7) is 6.93. The molecule has 0 fully saturated rings. The number of fused-ring (bicyclic) bond motifs is 5. The van der Waals surface area contributed by atoms with Crippen molar-refractivity contribution in [2.45, 2.75) is 31.1 Å². The van der Waals surface area contributed by atoms with Crippen molar-refractivity contribution < 1.29 is 0 Å². The molecule has 62 heavy (non-hydrogen) atoms. The summed E-state index contributed by atoms with van der Waals surface area (Å²) in [6.07, 6.45) is 0. The summed E-state index contributed by atoms with van der Waals surface area (Å²) >= 11 is 4.07. The van der Waals surface area contributed by atoms with E-state index in [0.717, 1.165) is 10.6 Å². The standard InChI is InChI=1S/C54H40.C6H7NS/c1-35-24-26-38(27-25-35)41-28-29-45-47(32-41)53(43-21-13-19-40(31-43)37-16-8-5-9-17-37)49-34-51-46(44-22-10-11-23-50(44)54(51,2)3)33-48(49)52(45)42-20-12-18-39(30-42)36-14-6-4-7-15-36;7-5-3-1-2-4-6(5)8/h4-34H,1-3H3;1-4,8H,7H2. The van der Waals surface area contributed by atoms with Gasteiger partial charge in [-0.25, -0.2) is 0 Å². The third-order valence-electron chi connectivity index (χ3n) is 12.7. The minimum absolute atomic E-state index is 0.130. The molecule has 10 aromatic rings. The first kappa shape index (κ1) is 39.0. The molecule has 0 amide bonds.